The molecule has 1 aromatic rings. The number of carbonyl (C=O) groups is 1. The second kappa shape index (κ2) is 6.19. The summed E-state index contributed by atoms with van der Waals surface area (Å²) >= 11 is 0. The van der Waals surface area contributed by atoms with Gasteiger partial charge in [0.2, 0.25) is 0 Å². The molecule has 0 amide bonds. The number of rotatable bonds is 5. The van der Waals surface area contributed by atoms with Crippen molar-refractivity contribution in [3.8, 4) is 0 Å². The Balaban J connectivity index is 1.90. The maximum Gasteiger partial charge on any atom is 0.337 e. The average molecular weight is 246 g/mol. The van der Waals surface area contributed by atoms with E-state index in [9.17, 15) is 4.79 Å². The Bertz CT molecular complexity index is 455. The predicted octanol–water partition coefficient (Wildman–Crippen LogP) is 3.08. The SMILES string of the molecule is O=C(O)c1ccncc1NCCC1=CCCCC1. The quantitative estimate of drug-likeness (QED) is 0.784. The molecule has 0 fully saturated rings. The lowest BCUT2D eigenvalue weighted by Crippen LogP contribution is -2.09. The summed E-state index contributed by atoms with van der Waals surface area (Å²) in [5.41, 5.74) is 2.36. The maximum absolute atomic E-state index is 11.0. The number of nitrogens with one attached hydrogen (secondary N) is 1. The summed E-state index contributed by atoms with van der Waals surface area (Å²) in [7, 11) is 0. The van der Waals surface area contributed by atoms with Crippen molar-refractivity contribution in [3.63, 3.8) is 0 Å². The highest BCUT2D eigenvalue weighted by Crippen LogP contribution is 2.20. The normalized spacial score (nSPS) is 15.0. The molecule has 1 aliphatic rings. The van der Waals surface area contributed by atoms with E-state index in [1.165, 1.54) is 43.5 Å². The van der Waals surface area contributed by atoms with Gasteiger partial charge in [-0.2, -0.15) is 0 Å². The van der Waals surface area contributed by atoms with Gasteiger partial charge in [0.25, 0.3) is 0 Å². The fraction of sp³-hybridized carbons (Fsp3) is 0.429. The van der Waals surface area contributed by atoms with Crippen molar-refractivity contribution in [2.45, 2.75) is 32.1 Å². The Morgan fingerprint density at radius 3 is 3.06 bits per heavy atom. The summed E-state index contributed by atoms with van der Waals surface area (Å²) in [6, 6.07) is 1.52. The molecule has 0 unspecified atom stereocenters. The van der Waals surface area contributed by atoms with Crippen LogP contribution in [0.15, 0.2) is 30.1 Å². The standard InChI is InChI=1S/C14H18N2O2/c17-14(18)12-7-8-15-10-13(12)16-9-6-11-4-2-1-3-5-11/h4,7-8,10,16H,1-3,5-6,9H2,(H,17,18). The van der Waals surface area contributed by atoms with Crippen LogP contribution in [0.2, 0.25) is 0 Å². The van der Waals surface area contributed by atoms with Gasteiger partial charge < -0.3 is 10.4 Å². The lowest BCUT2D eigenvalue weighted by Gasteiger charge is -2.14. The third-order valence-corrected chi connectivity index (χ3v) is 3.20. The molecule has 4 nitrogen and oxygen atoms in total. The van der Waals surface area contributed by atoms with Gasteiger partial charge in [0, 0.05) is 12.7 Å². The Labute approximate surface area is 107 Å². The molecule has 4 heteroatoms. The van der Waals surface area contributed by atoms with Gasteiger partial charge in [0.05, 0.1) is 17.4 Å². The predicted molar refractivity (Wildman–Crippen MR) is 70.9 cm³/mol. The number of pyridine rings is 1. The fourth-order valence-corrected chi connectivity index (χ4v) is 2.21. The highest BCUT2D eigenvalue weighted by Gasteiger charge is 2.09. The lowest BCUT2D eigenvalue weighted by molar-refractivity contribution is 0.0698. The van der Waals surface area contributed by atoms with Crippen molar-refractivity contribution in [1.82, 2.24) is 4.98 Å². The second-order valence-corrected chi connectivity index (χ2v) is 4.51. The molecule has 0 saturated carbocycles. The molecule has 96 valence electrons. The van der Waals surface area contributed by atoms with Gasteiger partial charge in [0.15, 0.2) is 0 Å². The van der Waals surface area contributed by atoms with Gasteiger partial charge in [-0.3, -0.25) is 4.98 Å². The Kier molecular flexibility index (Phi) is 4.34. The number of hydrogen-bond donors (Lipinski definition) is 2. The minimum Gasteiger partial charge on any atom is -0.478 e. The van der Waals surface area contributed by atoms with Crippen molar-refractivity contribution in [3.05, 3.63) is 35.7 Å². The summed E-state index contributed by atoms with van der Waals surface area (Å²) in [6.45, 7) is 0.762. The van der Waals surface area contributed by atoms with Crippen LogP contribution in [0, 0.1) is 0 Å². The topological polar surface area (TPSA) is 62.2 Å². The molecule has 1 aliphatic carbocycles. The number of aromatic carboxylic acids is 1. The molecular weight excluding hydrogens is 228 g/mol. The lowest BCUT2D eigenvalue weighted by atomic mass is 9.97. The smallest absolute Gasteiger partial charge is 0.337 e. The van der Waals surface area contributed by atoms with E-state index in [-0.39, 0.29) is 5.56 Å². The van der Waals surface area contributed by atoms with Crippen LogP contribution in [0.3, 0.4) is 0 Å². The molecule has 1 heterocycles. The summed E-state index contributed by atoms with van der Waals surface area (Å²) in [6.07, 6.45) is 11.3. The van der Waals surface area contributed by atoms with Gasteiger partial charge in [-0.25, -0.2) is 4.79 Å². The monoisotopic (exact) mass is 246 g/mol. The van der Waals surface area contributed by atoms with E-state index in [2.05, 4.69) is 16.4 Å². The van der Waals surface area contributed by atoms with E-state index in [4.69, 9.17) is 5.11 Å². The van der Waals surface area contributed by atoms with E-state index in [0.29, 0.717) is 5.69 Å². The molecule has 0 spiro atoms. The second-order valence-electron chi connectivity index (χ2n) is 4.51. The molecule has 1 aromatic heterocycles. The molecule has 0 bridgehead atoms. The number of anilines is 1. The van der Waals surface area contributed by atoms with Crippen LogP contribution in [-0.4, -0.2) is 22.6 Å². The zero-order valence-corrected chi connectivity index (χ0v) is 10.4. The van der Waals surface area contributed by atoms with Crippen LogP contribution >= 0.6 is 0 Å². The van der Waals surface area contributed by atoms with Crippen LogP contribution in [0.1, 0.15) is 42.5 Å². The first-order valence-corrected chi connectivity index (χ1v) is 6.36. The third kappa shape index (κ3) is 3.32. The van der Waals surface area contributed by atoms with Crippen LogP contribution in [0.4, 0.5) is 5.69 Å². The molecule has 0 aromatic carbocycles. The molecular formula is C14H18N2O2. The van der Waals surface area contributed by atoms with Crippen LogP contribution < -0.4 is 5.32 Å². The van der Waals surface area contributed by atoms with Crippen LogP contribution in [-0.2, 0) is 0 Å². The number of carboxylic acids is 1. The van der Waals surface area contributed by atoms with Crippen molar-refractivity contribution in [2.24, 2.45) is 0 Å². The first-order chi connectivity index (χ1) is 8.77. The summed E-state index contributed by atoms with van der Waals surface area (Å²) in [5, 5.41) is 12.2. The minimum atomic E-state index is -0.920. The number of hydrogen-bond acceptors (Lipinski definition) is 3. The molecule has 0 radical (unpaired) electrons. The Morgan fingerprint density at radius 1 is 1.44 bits per heavy atom. The molecule has 0 aliphatic heterocycles. The highest BCUT2D eigenvalue weighted by atomic mass is 16.4. The number of allylic oxidation sites excluding steroid dienone is 1. The van der Waals surface area contributed by atoms with Gasteiger partial charge in [0.1, 0.15) is 0 Å². The van der Waals surface area contributed by atoms with E-state index in [0.717, 1.165) is 13.0 Å². The van der Waals surface area contributed by atoms with E-state index in [1.807, 2.05) is 0 Å². The van der Waals surface area contributed by atoms with Crippen molar-refractivity contribution >= 4 is 11.7 Å². The largest absolute Gasteiger partial charge is 0.478 e. The minimum absolute atomic E-state index is 0.280. The number of aromatic nitrogens is 1. The third-order valence-electron chi connectivity index (χ3n) is 3.20. The van der Waals surface area contributed by atoms with Gasteiger partial charge in [-0.1, -0.05) is 11.6 Å². The summed E-state index contributed by atoms with van der Waals surface area (Å²) in [5.74, 6) is -0.920. The Morgan fingerprint density at radius 2 is 2.33 bits per heavy atom. The first-order valence-electron chi connectivity index (χ1n) is 6.36. The zero-order chi connectivity index (χ0) is 12.8. The summed E-state index contributed by atoms with van der Waals surface area (Å²) in [4.78, 5) is 15.0. The van der Waals surface area contributed by atoms with E-state index in [1.54, 1.807) is 6.20 Å². The zero-order valence-electron chi connectivity index (χ0n) is 10.4. The molecule has 0 atom stereocenters. The molecule has 0 saturated heterocycles. The van der Waals surface area contributed by atoms with Crippen molar-refractivity contribution in [2.75, 3.05) is 11.9 Å². The van der Waals surface area contributed by atoms with Crippen molar-refractivity contribution in [1.29, 1.82) is 0 Å². The Hall–Kier alpha value is -1.84. The maximum atomic E-state index is 11.0. The number of carboxylic acid groups (broad SMARTS) is 1. The molecule has 2 N–H and O–H groups in total. The van der Waals surface area contributed by atoms with Gasteiger partial charge >= 0.3 is 5.97 Å². The average Bonchev–Trinajstić information content (AvgIpc) is 2.40. The summed E-state index contributed by atoms with van der Waals surface area (Å²) < 4.78 is 0. The number of nitrogens with zero attached hydrogens (tertiary/aromatic N) is 1. The van der Waals surface area contributed by atoms with E-state index >= 15 is 0 Å². The van der Waals surface area contributed by atoms with Crippen LogP contribution in [0.25, 0.3) is 0 Å². The molecule has 18 heavy (non-hydrogen) atoms. The fourth-order valence-electron chi connectivity index (χ4n) is 2.21. The van der Waals surface area contributed by atoms with Crippen LogP contribution in [0.5, 0.6) is 0 Å². The van der Waals surface area contributed by atoms with Gasteiger partial charge in [-0.05, 0) is 38.2 Å². The van der Waals surface area contributed by atoms with E-state index < -0.39 is 5.97 Å². The highest BCUT2D eigenvalue weighted by molar-refractivity contribution is 5.93. The first kappa shape index (κ1) is 12.6. The van der Waals surface area contributed by atoms with Gasteiger partial charge in [-0.15, -0.1) is 0 Å². The molecule has 2 rings (SSSR count). The van der Waals surface area contributed by atoms with Crippen molar-refractivity contribution < 1.29 is 9.90 Å².